The zero-order chi connectivity index (χ0) is 31.7. The number of halogens is 4. The van der Waals surface area contributed by atoms with Crippen molar-refractivity contribution in [3.8, 4) is 0 Å². The summed E-state index contributed by atoms with van der Waals surface area (Å²) in [7, 11) is -8.80. The number of hydrogen-bond donors (Lipinski definition) is 0. The van der Waals surface area contributed by atoms with Crippen molar-refractivity contribution >= 4 is 95.1 Å². The summed E-state index contributed by atoms with van der Waals surface area (Å²) in [6, 6.07) is 6.90. The molecule has 0 N–H and O–H groups in total. The zero-order valence-electron chi connectivity index (χ0n) is 24.3. The van der Waals surface area contributed by atoms with E-state index in [-0.39, 0.29) is 55.5 Å². The monoisotopic (exact) mass is 732 g/mol. The molecule has 0 saturated carbocycles. The van der Waals surface area contributed by atoms with Gasteiger partial charge < -0.3 is 18.9 Å². The maximum absolute atomic E-state index is 11.3. The predicted molar refractivity (Wildman–Crippen MR) is 170 cm³/mol. The molecule has 0 unspecified atom stereocenters. The molecule has 0 fully saturated rings. The molecular weight excluding hydrogens is 705 g/mol. The van der Waals surface area contributed by atoms with Crippen LogP contribution < -0.4 is 43.9 Å². The fourth-order valence-electron chi connectivity index (χ4n) is 5.22. The second-order valence-corrected chi connectivity index (χ2v) is 14.5. The Kier molecular flexibility index (Phi) is 13.0. The van der Waals surface area contributed by atoms with Crippen molar-refractivity contribution in [1.29, 1.82) is 0 Å². The van der Waals surface area contributed by atoms with Crippen LogP contribution in [0.3, 0.4) is 0 Å². The Balaban J connectivity index is 0.00000529. The third-order valence-electron chi connectivity index (χ3n) is 6.98. The van der Waals surface area contributed by atoms with Crippen LogP contribution in [0.15, 0.2) is 42.2 Å². The fourth-order valence-corrected chi connectivity index (χ4v) is 6.81. The van der Waals surface area contributed by atoms with Crippen molar-refractivity contribution in [3.63, 3.8) is 0 Å². The van der Waals surface area contributed by atoms with Gasteiger partial charge in [0.25, 0.3) is 5.82 Å². The number of aromatic nitrogens is 2. The summed E-state index contributed by atoms with van der Waals surface area (Å²) in [4.78, 5) is 3.88. The van der Waals surface area contributed by atoms with Gasteiger partial charge in [0.15, 0.2) is 11.0 Å². The van der Waals surface area contributed by atoms with Gasteiger partial charge in [-0.2, -0.15) is 0 Å². The first-order valence-corrected chi connectivity index (χ1v) is 18.0. The summed E-state index contributed by atoms with van der Waals surface area (Å²) >= 11 is 25.3. The minimum atomic E-state index is -4.40. The first kappa shape index (κ1) is 37.4. The third kappa shape index (κ3) is 8.65. The summed E-state index contributed by atoms with van der Waals surface area (Å²) in [5, 5.41) is 1.40. The minimum absolute atomic E-state index is 0. The van der Waals surface area contributed by atoms with Crippen molar-refractivity contribution in [3.05, 3.63) is 68.2 Å². The molecule has 17 heteroatoms. The number of anilines is 2. The van der Waals surface area contributed by atoms with Crippen LogP contribution in [0.1, 0.15) is 32.5 Å². The smallest absolute Gasteiger partial charge is 0.748 e. The molecule has 44 heavy (non-hydrogen) atoms. The van der Waals surface area contributed by atoms with Gasteiger partial charge in [-0.25, -0.2) is 26.0 Å². The van der Waals surface area contributed by atoms with Crippen LogP contribution in [-0.4, -0.2) is 55.1 Å². The van der Waals surface area contributed by atoms with E-state index in [1.54, 1.807) is 24.3 Å². The first-order chi connectivity index (χ1) is 20.1. The van der Waals surface area contributed by atoms with Crippen LogP contribution in [0.4, 0.5) is 11.4 Å². The van der Waals surface area contributed by atoms with E-state index in [2.05, 4.69) is 0 Å². The normalized spacial score (nSPS) is 14.7. The van der Waals surface area contributed by atoms with Gasteiger partial charge in [0.2, 0.25) is 0 Å². The van der Waals surface area contributed by atoms with Gasteiger partial charge in [-0.3, -0.25) is 0 Å². The molecule has 1 aliphatic heterocycles. The largest absolute Gasteiger partial charge is 1.00 e. The topological polar surface area (TPSA) is 130 Å². The second kappa shape index (κ2) is 15.2. The molecule has 2 heterocycles. The Bertz CT molecular complexity index is 1830. The Morgan fingerprint density at radius 2 is 1.34 bits per heavy atom. The molecule has 1 aliphatic rings. The van der Waals surface area contributed by atoms with Crippen molar-refractivity contribution in [1.82, 2.24) is 4.57 Å². The summed E-state index contributed by atoms with van der Waals surface area (Å²) in [6.45, 7) is 5.48. The number of allylic oxidation sites excluding steroid dienone is 2. The van der Waals surface area contributed by atoms with E-state index in [0.717, 1.165) is 22.4 Å². The minimum Gasteiger partial charge on any atom is -0.748 e. The first-order valence-electron chi connectivity index (χ1n) is 13.4. The van der Waals surface area contributed by atoms with Crippen LogP contribution >= 0.6 is 46.4 Å². The number of benzene rings is 2. The maximum Gasteiger partial charge on any atom is 1.00 e. The van der Waals surface area contributed by atoms with E-state index < -0.39 is 31.7 Å². The molecular formula is C27H29Cl4N4NaO6S2. The molecule has 0 saturated heterocycles. The SMILES string of the molecule is CCN1C(=CC=Cc2n(CC)c3cc(Cl)c(Cl)cc3[n+]2CCCS(=O)(=O)[O-])N(CCCS(=O)(=O)[O-])c2cc(Cl)c(Cl)cc21.[Na+]. The van der Waals surface area contributed by atoms with Crippen molar-refractivity contribution < 1.29 is 60.1 Å². The number of nitrogens with zero attached hydrogens (tertiary/aromatic N) is 4. The Morgan fingerprint density at radius 3 is 1.91 bits per heavy atom. The van der Waals surface area contributed by atoms with Gasteiger partial charge in [-0.05, 0) is 44.9 Å². The Hall–Kier alpha value is -1.03. The molecule has 10 nitrogen and oxygen atoms in total. The third-order valence-corrected chi connectivity index (χ3v) is 10.0. The van der Waals surface area contributed by atoms with Gasteiger partial charge in [0, 0.05) is 42.8 Å². The van der Waals surface area contributed by atoms with E-state index in [4.69, 9.17) is 46.4 Å². The Labute approximate surface area is 299 Å². The Morgan fingerprint density at radius 1 is 0.795 bits per heavy atom. The summed E-state index contributed by atoms with van der Waals surface area (Å²) in [6.07, 6.45) is 5.70. The number of aryl methyl sites for hydroxylation is 2. The van der Waals surface area contributed by atoms with E-state index in [9.17, 15) is 25.9 Å². The summed E-state index contributed by atoms with van der Waals surface area (Å²) < 4.78 is 71.7. The van der Waals surface area contributed by atoms with Crippen molar-refractivity contribution in [2.45, 2.75) is 39.8 Å². The van der Waals surface area contributed by atoms with Crippen LogP contribution in [0.2, 0.25) is 20.1 Å². The molecule has 4 rings (SSSR count). The van der Waals surface area contributed by atoms with Crippen molar-refractivity contribution in [2.24, 2.45) is 0 Å². The fraction of sp³-hybridized carbons (Fsp3) is 0.370. The van der Waals surface area contributed by atoms with Crippen LogP contribution in [-0.2, 0) is 33.3 Å². The molecule has 1 aromatic heterocycles. The van der Waals surface area contributed by atoms with E-state index in [0.29, 0.717) is 44.8 Å². The van der Waals surface area contributed by atoms with Crippen molar-refractivity contribution in [2.75, 3.05) is 34.4 Å². The molecule has 0 spiro atoms. The van der Waals surface area contributed by atoms with E-state index in [1.165, 1.54) is 0 Å². The van der Waals surface area contributed by atoms with Crippen LogP contribution in [0.5, 0.6) is 0 Å². The molecule has 0 atom stereocenters. The van der Waals surface area contributed by atoms with Crippen LogP contribution in [0, 0.1) is 0 Å². The number of rotatable bonds is 12. The molecule has 0 radical (unpaired) electrons. The van der Waals surface area contributed by atoms with Gasteiger partial charge in [-0.1, -0.05) is 52.5 Å². The molecule has 2 aromatic carbocycles. The molecule has 0 amide bonds. The predicted octanol–water partition coefficient (Wildman–Crippen LogP) is 2.64. The average molecular weight is 734 g/mol. The molecule has 234 valence electrons. The van der Waals surface area contributed by atoms with E-state index >= 15 is 0 Å². The van der Waals surface area contributed by atoms with Gasteiger partial charge in [0.1, 0.15) is 5.82 Å². The molecule has 3 aromatic rings. The van der Waals surface area contributed by atoms with E-state index in [1.807, 2.05) is 51.0 Å². The second-order valence-electron chi connectivity index (χ2n) is 9.77. The number of hydrogen-bond acceptors (Lipinski definition) is 8. The summed E-state index contributed by atoms with van der Waals surface area (Å²) in [5.41, 5.74) is 3.00. The average Bonchev–Trinajstić information content (AvgIpc) is 3.34. The quantitative estimate of drug-likeness (QED) is 0.158. The number of fused-ring (bicyclic) bond motifs is 2. The maximum atomic E-state index is 11.3. The standard InChI is InChI=1S/C27H30Cl4N4O6S2.Na/c1-3-32-22-14-18(28)20(30)16-24(22)34(10-6-12-42(36,37)38)26(32)8-5-9-27-33(4-2)23-15-19(29)21(31)17-25(23)35(27)11-7-13-43(39,40)41;/h5,8-9,14-17H,3-4,6-7,10-13H2,1-2H3,(H-,36,37,38,39,40,41);/q;+1/p-1. The van der Waals surface area contributed by atoms with Gasteiger partial charge in [0.05, 0.1) is 64.8 Å². The molecule has 0 bridgehead atoms. The van der Waals surface area contributed by atoms with Crippen LogP contribution in [0.25, 0.3) is 17.1 Å². The summed E-state index contributed by atoms with van der Waals surface area (Å²) in [5.74, 6) is 0.390. The van der Waals surface area contributed by atoms with Gasteiger partial charge in [-0.15, -0.1) is 0 Å². The number of imidazole rings is 1. The zero-order valence-corrected chi connectivity index (χ0v) is 30.9. The molecule has 0 aliphatic carbocycles. The van der Waals surface area contributed by atoms with Gasteiger partial charge >= 0.3 is 29.6 Å².